The van der Waals surface area contributed by atoms with Crippen molar-refractivity contribution in [3.63, 3.8) is 0 Å². The van der Waals surface area contributed by atoms with Gasteiger partial charge in [-0.3, -0.25) is 0 Å². The van der Waals surface area contributed by atoms with E-state index in [0.717, 1.165) is 5.92 Å². The normalized spacial score (nSPS) is 33.2. The smallest absolute Gasteiger partial charge is 0.0224 e. The minimum absolute atomic E-state index is 0.571. The lowest BCUT2D eigenvalue weighted by Gasteiger charge is -2.27. The van der Waals surface area contributed by atoms with Gasteiger partial charge in [-0.1, -0.05) is 26.0 Å². The minimum Gasteiger partial charge on any atom is -0.307 e. The molecule has 0 radical (unpaired) electrons. The highest BCUT2D eigenvalue weighted by Gasteiger charge is 2.15. The summed E-state index contributed by atoms with van der Waals surface area (Å²) in [6, 6.07) is 1.26. The van der Waals surface area contributed by atoms with Gasteiger partial charge >= 0.3 is 0 Å². The molecule has 0 aromatic rings. The van der Waals surface area contributed by atoms with Crippen molar-refractivity contribution in [2.24, 2.45) is 5.92 Å². The van der Waals surface area contributed by atoms with Gasteiger partial charge in [-0.05, 0) is 19.3 Å². The molecule has 0 aromatic heterocycles. The van der Waals surface area contributed by atoms with Crippen LogP contribution in [0.3, 0.4) is 0 Å². The SMILES string of the molecule is CC1C=CCC(C(C)C)N1. The molecule has 2 atom stereocenters. The van der Waals surface area contributed by atoms with Crippen LogP contribution in [0.5, 0.6) is 0 Å². The van der Waals surface area contributed by atoms with E-state index in [1.54, 1.807) is 0 Å². The van der Waals surface area contributed by atoms with Crippen molar-refractivity contribution in [2.75, 3.05) is 0 Å². The van der Waals surface area contributed by atoms with Crippen LogP contribution in [0.2, 0.25) is 0 Å². The zero-order chi connectivity index (χ0) is 7.56. The fourth-order valence-corrected chi connectivity index (χ4v) is 1.36. The maximum absolute atomic E-state index is 3.53. The van der Waals surface area contributed by atoms with E-state index in [0.29, 0.717) is 12.1 Å². The first-order valence-corrected chi connectivity index (χ1v) is 4.13. The first kappa shape index (κ1) is 7.80. The van der Waals surface area contributed by atoms with Crippen molar-refractivity contribution in [1.82, 2.24) is 5.32 Å². The second-order valence-electron chi connectivity index (χ2n) is 3.47. The van der Waals surface area contributed by atoms with Crippen LogP contribution in [0.4, 0.5) is 0 Å². The molecular weight excluding hydrogens is 122 g/mol. The van der Waals surface area contributed by atoms with Gasteiger partial charge in [-0.2, -0.15) is 0 Å². The molecule has 0 spiro atoms. The molecule has 0 saturated carbocycles. The molecule has 0 aliphatic carbocycles. The van der Waals surface area contributed by atoms with Crippen LogP contribution in [0.25, 0.3) is 0 Å². The van der Waals surface area contributed by atoms with Gasteiger partial charge in [0, 0.05) is 12.1 Å². The summed E-state index contributed by atoms with van der Waals surface area (Å²) in [5.41, 5.74) is 0. The Bertz CT molecular complexity index is 127. The molecule has 1 rings (SSSR count). The monoisotopic (exact) mass is 139 g/mol. The zero-order valence-corrected chi connectivity index (χ0v) is 7.09. The van der Waals surface area contributed by atoms with Crippen LogP contribution in [0.1, 0.15) is 27.2 Å². The summed E-state index contributed by atoms with van der Waals surface area (Å²) in [7, 11) is 0. The van der Waals surface area contributed by atoms with Crippen molar-refractivity contribution in [3.05, 3.63) is 12.2 Å². The van der Waals surface area contributed by atoms with E-state index >= 15 is 0 Å². The minimum atomic E-state index is 0.571. The molecule has 2 unspecified atom stereocenters. The lowest BCUT2D eigenvalue weighted by molar-refractivity contribution is 0.373. The molecule has 1 heteroatoms. The Morgan fingerprint density at radius 3 is 2.60 bits per heavy atom. The Balaban J connectivity index is 2.44. The summed E-state index contributed by atoms with van der Waals surface area (Å²) < 4.78 is 0. The van der Waals surface area contributed by atoms with Gasteiger partial charge in [-0.25, -0.2) is 0 Å². The third-order valence-electron chi connectivity index (χ3n) is 2.10. The summed E-state index contributed by atoms with van der Waals surface area (Å²) in [5, 5.41) is 3.53. The van der Waals surface area contributed by atoms with Crippen molar-refractivity contribution < 1.29 is 0 Å². The van der Waals surface area contributed by atoms with Gasteiger partial charge < -0.3 is 5.32 Å². The van der Waals surface area contributed by atoms with Gasteiger partial charge in [0.2, 0.25) is 0 Å². The van der Waals surface area contributed by atoms with Crippen LogP contribution in [-0.4, -0.2) is 12.1 Å². The van der Waals surface area contributed by atoms with Crippen LogP contribution >= 0.6 is 0 Å². The van der Waals surface area contributed by atoms with E-state index < -0.39 is 0 Å². The number of rotatable bonds is 1. The number of hydrogen-bond donors (Lipinski definition) is 1. The van der Waals surface area contributed by atoms with E-state index in [9.17, 15) is 0 Å². The molecule has 1 aliphatic heterocycles. The maximum Gasteiger partial charge on any atom is 0.0224 e. The Hall–Kier alpha value is -0.300. The molecule has 0 fully saturated rings. The molecule has 1 nitrogen and oxygen atoms in total. The average molecular weight is 139 g/mol. The van der Waals surface area contributed by atoms with Crippen LogP contribution in [0, 0.1) is 5.92 Å². The molecule has 1 N–H and O–H groups in total. The molecule has 0 bridgehead atoms. The first-order valence-electron chi connectivity index (χ1n) is 4.13. The standard InChI is InChI=1S/C9H17N/c1-7(2)9-6-4-5-8(3)10-9/h4-5,7-10H,6H2,1-3H3. The third-order valence-corrected chi connectivity index (χ3v) is 2.10. The fraction of sp³-hybridized carbons (Fsp3) is 0.778. The van der Waals surface area contributed by atoms with E-state index in [4.69, 9.17) is 0 Å². The Labute approximate surface area is 63.5 Å². The molecule has 1 aliphatic rings. The lowest BCUT2D eigenvalue weighted by atomic mass is 9.97. The van der Waals surface area contributed by atoms with Gasteiger partial charge in [-0.15, -0.1) is 0 Å². The maximum atomic E-state index is 3.53. The van der Waals surface area contributed by atoms with Gasteiger partial charge in [0.1, 0.15) is 0 Å². The first-order chi connectivity index (χ1) is 4.70. The summed E-state index contributed by atoms with van der Waals surface area (Å²) >= 11 is 0. The van der Waals surface area contributed by atoms with Crippen molar-refractivity contribution in [2.45, 2.75) is 39.3 Å². The second kappa shape index (κ2) is 3.20. The zero-order valence-electron chi connectivity index (χ0n) is 7.09. The van der Waals surface area contributed by atoms with Crippen molar-refractivity contribution in [3.8, 4) is 0 Å². The summed E-state index contributed by atoms with van der Waals surface area (Å²) in [6.07, 6.45) is 5.72. The summed E-state index contributed by atoms with van der Waals surface area (Å²) in [6.45, 7) is 6.73. The summed E-state index contributed by atoms with van der Waals surface area (Å²) in [4.78, 5) is 0. The third kappa shape index (κ3) is 1.84. The van der Waals surface area contributed by atoms with E-state index in [2.05, 4.69) is 38.2 Å². The molecule has 58 valence electrons. The molecule has 0 aromatic carbocycles. The summed E-state index contributed by atoms with van der Waals surface area (Å²) in [5.74, 6) is 0.757. The number of nitrogens with one attached hydrogen (secondary N) is 1. The largest absolute Gasteiger partial charge is 0.307 e. The molecule has 1 heterocycles. The van der Waals surface area contributed by atoms with Crippen LogP contribution in [-0.2, 0) is 0 Å². The predicted octanol–water partition coefficient (Wildman–Crippen LogP) is 1.95. The Kier molecular flexibility index (Phi) is 2.50. The fourth-order valence-electron chi connectivity index (χ4n) is 1.36. The molecule has 0 amide bonds. The van der Waals surface area contributed by atoms with Crippen LogP contribution in [0.15, 0.2) is 12.2 Å². The van der Waals surface area contributed by atoms with E-state index in [-0.39, 0.29) is 0 Å². The van der Waals surface area contributed by atoms with Gasteiger partial charge in [0.25, 0.3) is 0 Å². The molecule has 10 heavy (non-hydrogen) atoms. The molecule has 0 saturated heterocycles. The van der Waals surface area contributed by atoms with E-state index in [1.165, 1.54) is 6.42 Å². The van der Waals surface area contributed by atoms with E-state index in [1.807, 2.05) is 0 Å². The van der Waals surface area contributed by atoms with Gasteiger partial charge in [0.05, 0.1) is 0 Å². The Morgan fingerprint density at radius 2 is 2.20 bits per heavy atom. The highest BCUT2D eigenvalue weighted by molar-refractivity contribution is 5.00. The molecular formula is C9H17N. The van der Waals surface area contributed by atoms with Crippen molar-refractivity contribution >= 4 is 0 Å². The lowest BCUT2D eigenvalue weighted by Crippen LogP contribution is -2.40. The predicted molar refractivity (Wildman–Crippen MR) is 45.0 cm³/mol. The van der Waals surface area contributed by atoms with Crippen molar-refractivity contribution in [1.29, 1.82) is 0 Å². The topological polar surface area (TPSA) is 12.0 Å². The highest BCUT2D eigenvalue weighted by Crippen LogP contribution is 2.11. The quantitative estimate of drug-likeness (QED) is 0.547. The average Bonchev–Trinajstić information content (AvgIpc) is 1.88. The van der Waals surface area contributed by atoms with Crippen LogP contribution < -0.4 is 5.32 Å². The number of hydrogen-bond acceptors (Lipinski definition) is 1. The highest BCUT2D eigenvalue weighted by atomic mass is 14.9. The Morgan fingerprint density at radius 1 is 1.50 bits per heavy atom. The second-order valence-corrected chi connectivity index (χ2v) is 3.47. The van der Waals surface area contributed by atoms with Gasteiger partial charge in [0.15, 0.2) is 0 Å².